The Morgan fingerprint density at radius 3 is 2.22 bits per heavy atom. The summed E-state index contributed by atoms with van der Waals surface area (Å²) < 4.78 is 38.8. The monoisotopic (exact) mass is 392 g/mol. The van der Waals surface area contributed by atoms with E-state index in [2.05, 4.69) is 5.32 Å². The number of hydrogen-bond acceptors (Lipinski definition) is 3. The number of amides is 1. The summed E-state index contributed by atoms with van der Waals surface area (Å²) in [6.45, 7) is 4.02. The molecule has 0 aliphatic carbocycles. The van der Waals surface area contributed by atoms with Gasteiger partial charge in [-0.1, -0.05) is 36.8 Å². The molecule has 0 aromatic heterocycles. The average Bonchev–Trinajstić information content (AvgIpc) is 2.61. The lowest BCUT2D eigenvalue weighted by Crippen LogP contribution is -2.49. The number of hydrogen-bond donors (Lipinski definition) is 1. The lowest BCUT2D eigenvalue weighted by molar-refractivity contribution is -0.122. The van der Waals surface area contributed by atoms with Crippen LogP contribution in [0.25, 0.3) is 0 Å². The number of nitrogens with one attached hydrogen (secondary N) is 1. The number of sulfonamides is 1. The zero-order valence-electron chi connectivity index (χ0n) is 15.8. The van der Waals surface area contributed by atoms with E-state index in [4.69, 9.17) is 0 Å². The second-order valence-electron chi connectivity index (χ2n) is 6.49. The highest BCUT2D eigenvalue weighted by atomic mass is 32.2. The topological polar surface area (TPSA) is 66.5 Å². The van der Waals surface area contributed by atoms with Gasteiger partial charge in [0, 0.05) is 6.54 Å². The number of benzene rings is 2. The zero-order chi connectivity index (χ0) is 20.0. The zero-order valence-corrected chi connectivity index (χ0v) is 16.6. The fourth-order valence-corrected chi connectivity index (χ4v) is 4.06. The van der Waals surface area contributed by atoms with Crippen LogP contribution >= 0.6 is 0 Å². The van der Waals surface area contributed by atoms with Crippen LogP contribution in [-0.2, 0) is 21.2 Å². The molecule has 7 heteroatoms. The molecule has 0 spiro atoms. The summed E-state index contributed by atoms with van der Waals surface area (Å²) in [5.74, 6) is -0.665. The summed E-state index contributed by atoms with van der Waals surface area (Å²) in [6.07, 6.45) is 1.97. The second-order valence-corrected chi connectivity index (χ2v) is 8.35. The van der Waals surface area contributed by atoms with E-state index in [0.29, 0.717) is 25.1 Å². The molecule has 27 heavy (non-hydrogen) atoms. The smallest absolute Gasteiger partial charge is 0.243 e. The van der Waals surface area contributed by atoms with Crippen molar-refractivity contribution in [3.05, 3.63) is 65.5 Å². The maximum Gasteiger partial charge on any atom is 0.243 e. The van der Waals surface area contributed by atoms with E-state index in [1.54, 1.807) is 31.2 Å². The maximum absolute atomic E-state index is 12.9. The van der Waals surface area contributed by atoms with Crippen molar-refractivity contribution in [2.75, 3.05) is 17.1 Å². The molecule has 2 aromatic rings. The highest BCUT2D eigenvalue weighted by Gasteiger charge is 2.31. The minimum absolute atomic E-state index is 0.310. The molecule has 0 fully saturated rings. The summed E-state index contributed by atoms with van der Waals surface area (Å²) >= 11 is 0. The van der Waals surface area contributed by atoms with Crippen LogP contribution in [0.5, 0.6) is 0 Å². The Hall–Kier alpha value is -2.41. The lowest BCUT2D eigenvalue weighted by Gasteiger charge is -2.30. The first-order valence-electron chi connectivity index (χ1n) is 8.80. The minimum Gasteiger partial charge on any atom is -0.354 e. The molecular weight excluding hydrogens is 367 g/mol. The van der Waals surface area contributed by atoms with Gasteiger partial charge in [0.25, 0.3) is 0 Å². The van der Waals surface area contributed by atoms with Gasteiger partial charge in [0.05, 0.1) is 11.9 Å². The fourth-order valence-electron chi connectivity index (χ4n) is 2.85. The third kappa shape index (κ3) is 5.79. The van der Waals surface area contributed by atoms with Gasteiger partial charge in [-0.3, -0.25) is 9.10 Å². The van der Waals surface area contributed by atoms with Crippen molar-refractivity contribution in [1.29, 1.82) is 0 Å². The normalized spacial score (nSPS) is 12.4. The number of halogens is 1. The van der Waals surface area contributed by atoms with Crippen molar-refractivity contribution in [2.45, 2.75) is 32.7 Å². The molecule has 0 radical (unpaired) electrons. The van der Waals surface area contributed by atoms with Gasteiger partial charge in [-0.25, -0.2) is 12.8 Å². The number of carbonyl (C=O) groups excluding carboxylic acids is 1. The Labute approximate surface area is 160 Å². The molecule has 0 unspecified atom stereocenters. The van der Waals surface area contributed by atoms with Crippen molar-refractivity contribution in [3.8, 4) is 0 Å². The summed E-state index contributed by atoms with van der Waals surface area (Å²) in [6, 6.07) is 12.2. The largest absolute Gasteiger partial charge is 0.354 e. The van der Waals surface area contributed by atoms with E-state index < -0.39 is 16.1 Å². The second kappa shape index (κ2) is 8.99. The van der Waals surface area contributed by atoms with Crippen molar-refractivity contribution in [2.24, 2.45) is 0 Å². The van der Waals surface area contributed by atoms with Crippen LogP contribution < -0.4 is 9.62 Å². The van der Waals surface area contributed by atoms with Crippen molar-refractivity contribution >= 4 is 21.6 Å². The van der Waals surface area contributed by atoms with Gasteiger partial charge in [-0.05, 0) is 49.6 Å². The van der Waals surface area contributed by atoms with Crippen LogP contribution in [-0.4, -0.2) is 33.2 Å². The SMILES string of the molecule is CC[C@H](C(=O)NCCc1ccc(F)cc1)N(c1ccc(C)cc1)S(C)(=O)=O. The Balaban J connectivity index is 2.11. The molecule has 0 saturated carbocycles. The summed E-state index contributed by atoms with van der Waals surface area (Å²) in [4.78, 5) is 12.7. The standard InChI is InChI=1S/C20H25FN2O3S/c1-4-19(20(24)22-14-13-16-7-9-17(21)10-8-16)23(27(3,25)26)18-11-5-15(2)6-12-18/h5-12,19H,4,13-14H2,1-3H3,(H,22,24)/t19-/m1/s1. The molecule has 2 rings (SSSR count). The highest BCUT2D eigenvalue weighted by molar-refractivity contribution is 7.92. The Kier molecular flexibility index (Phi) is 6.96. The average molecular weight is 392 g/mol. The molecule has 0 heterocycles. The van der Waals surface area contributed by atoms with Gasteiger partial charge in [-0.2, -0.15) is 0 Å². The summed E-state index contributed by atoms with van der Waals surface area (Å²) in [7, 11) is -3.64. The first-order valence-corrected chi connectivity index (χ1v) is 10.7. The van der Waals surface area contributed by atoms with Gasteiger partial charge in [0.2, 0.25) is 15.9 Å². The molecule has 0 saturated heterocycles. The van der Waals surface area contributed by atoms with Gasteiger partial charge in [0.1, 0.15) is 11.9 Å². The van der Waals surface area contributed by atoms with Gasteiger partial charge < -0.3 is 5.32 Å². The molecule has 146 valence electrons. The third-order valence-electron chi connectivity index (χ3n) is 4.24. The lowest BCUT2D eigenvalue weighted by atomic mass is 10.1. The van der Waals surface area contributed by atoms with E-state index in [-0.39, 0.29) is 11.7 Å². The van der Waals surface area contributed by atoms with Gasteiger partial charge in [0.15, 0.2) is 0 Å². The van der Waals surface area contributed by atoms with Crippen LogP contribution in [0, 0.1) is 12.7 Å². The first-order chi connectivity index (χ1) is 12.7. The third-order valence-corrected chi connectivity index (χ3v) is 5.42. The molecule has 0 bridgehead atoms. The fraction of sp³-hybridized carbons (Fsp3) is 0.350. The molecule has 1 N–H and O–H groups in total. The number of anilines is 1. The minimum atomic E-state index is -3.64. The molecule has 5 nitrogen and oxygen atoms in total. The Bertz CT molecular complexity index is 865. The van der Waals surface area contributed by atoms with Gasteiger partial charge in [-0.15, -0.1) is 0 Å². The predicted molar refractivity (Wildman–Crippen MR) is 106 cm³/mol. The first kappa shape index (κ1) is 20.9. The molecule has 0 aliphatic heterocycles. The highest BCUT2D eigenvalue weighted by Crippen LogP contribution is 2.23. The Morgan fingerprint density at radius 1 is 1.11 bits per heavy atom. The molecule has 1 atom stereocenters. The molecule has 1 amide bonds. The van der Waals surface area contributed by atoms with E-state index in [9.17, 15) is 17.6 Å². The van der Waals surface area contributed by atoms with Crippen LogP contribution in [0.15, 0.2) is 48.5 Å². The molecular formula is C20H25FN2O3S. The maximum atomic E-state index is 12.9. The van der Waals surface area contributed by atoms with E-state index in [0.717, 1.165) is 17.4 Å². The predicted octanol–water partition coefficient (Wildman–Crippen LogP) is 3.04. The number of aryl methyl sites for hydroxylation is 1. The quantitative estimate of drug-likeness (QED) is 0.751. The number of nitrogens with zero attached hydrogens (tertiary/aromatic N) is 1. The summed E-state index contributed by atoms with van der Waals surface area (Å²) in [5, 5.41) is 2.79. The number of rotatable bonds is 8. The van der Waals surface area contributed by atoms with Crippen LogP contribution in [0.4, 0.5) is 10.1 Å². The van der Waals surface area contributed by atoms with Crippen molar-refractivity contribution in [1.82, 2.24) is 5.32 Å². The van der Waals surface area contributed by atoms with Crippen LogP contribution in [0.1, 0.15) is 24.5 Å². The van der Waals surface area contributed by atoms with Crippen molar-refractivity contribution < 1.29 is 17.6 Å². The number of carbonyl (C=O) groups is 1. The van der Waals surface area contributed by atoms with Gasteiger partial charge >= 0.3 is 0 Å². The molecule has 0 aliphatic rings. The van der Waals surface area contributed by atoms with E-state index in [1.165, 1.54) is 16.4 Å². The summed E-state index contributed by atoms with van der Waals surface area (Å²) in [5.41, 5.74) is 2.36. The van der Waals surface area contributed by atoms with E-state index in [1.807, 2.05) is 19.1 Å². The Morgan fingerprint density at radius 2 is 1.70 bits per heavy atom. The molecule has 2 aromatic carbocycles. The van der Waals surface area contributed by atoms with E-state index >= 15 is 0 Å². The van der Waals surface area contributed by atoms with Crippen LogP contribution in [0.3, 0.4) is 0 Å². The van der Waals surface area contributed by atoms with Crippen LogP contribution in [0.2, 0.25) is 0 Å². The van der Waals surface area contributed by atoms with Crippen molar-refractivity contribution in [3.63, 3.8) is 0 Å².